The van der Waals surface area contributed by atoms with Gasteiger partial charge in [-0.1, -0.05) is 13.3 Å². The average Bonchev–Trinajstić information content (AvgIpc) is 2.09. The Bertz CT molecular complexity index is 309. The van der Waals surface area contributed by atoms with Crippen LogP contribution in [0.15, 0.2) is 0 Å². The number of carboxylic acid groups (broad SMARTS) is 1. The fraction of sp³-hybridized carbons (Fsp3) is 0.833. The molecule has 0 heterocycles. The van der Waals surface area contributed by atoms with E-state index in [1.165, 1.54) is 0 Å². The smallest absolute Gasteiger partial charge is 0.329 e. The molecule has 0 bridgehead atoms. The summed E-state index contributed by atoms with van der Waals surface area (Å²) < 4.78 is 0. The van der Waals surface area contributed by atoms with Gasteiger partial charge in [0.05, 0.1) is 0 Å². The summed E-state index contributed by atoms with van der Waals surface area (Å²) in [4.78, 5) is 22.8. The van der Waals surface area contributed by atoms with Gasteiger partial charge < -0.3 is 15.7 Å². The van der Waals surface area contributed by atoms with E-state index >= 15 is 0 Å². The number of aliphatic carboxylic acids is 1. The second-order valence-corrected chi connectivity index (χ2v) is 5.45. The molecule has 0 atom stereocenters. The molecule has 0 aromatic carbocycles. The predicted octanol–water partition coefficient (Wildman–Crippen LogP) is 1.87. The zero-order chi connectivity index (χ0) is 13.1. The van der Waals surface area contributed by atoms with Crippen LogP contribution in [0.1, 0.15) is 52.9 Å². The van der Waals surface area contributed by atoms with Crippen molar-refractivity contribution < 1.29 is 14.7 Å². The summed E-state index contributed by atoms with van der Waals surface area (Å²) in [6, 6.07) is -0.384. The SMILES string of the molecule is CCCC(C)(C)NC(=O)NC1(C(=O)O)CCC1. The lowest BCUT2D eigenvalue weighted by molar-refractivity contribution is -0.148. The number of urea groups is 1. The van der Waals surface area contributed by atoms with Crippen LogP contribution in [0.25, 0.3) is 0 Å². The van der Waals surface area contributed by atoms with Crippen LogP contribution in [0, 0.1) is 0 Å². The number of nitrogens with one attached hydrogen (secondary N) is 2. The molecule has 0 aliphatic heterocycles. The van der Waals surface area contributed by atoms with E-state index in [9.17, 15) is 9.59 Å². The Labute approximate surface area is 102 Å². The molecule has 1 rings (SSSR count). The van der Waals surface area contributed by atoms with Crippen molar-refractivity contribution in [3.63, 3.8) is 0 Å². The minimum atomic E-state index is -1.04. The standard InChI is InChI=1S/C12H22N2O3/c1-4-6-11(2,3)13-10(17)14-12(9(15)16)7-5-8-12/h4-8H2,1-3H3,(H,15,16)(H2,13,14,17). The van der Waals surface area contributed by atoms with Crippen LogP contribution in [0.4, 0.5) is 4.79 Å². The highest BCUT2D eigenvalue weighted by Gasteiger charge is 2.46. The van der Waals surface area contributed by atoms with E-state index < -0.39 is 11.5 Å². The van der Waals surface area contributed by atoms with E-state index in [4.69, 9.17) is 5.11 Å². The molecule has 0 aromatic rings. The molecule has 1 aliphatic carbocycles. The molecule has 0 aromatic heterocycles. The molecular weight excluding hydrogens is 220 g/mol. The van der Waals surface area contributed by atoms with Crippen LogP contribution in [0.5, 0.6) is 0 Å². The molecule has 3 N–H and O–H groups in total. The van der Waals surface area contributed by atoms with Crippen molar-refractivity contribution in [3.05, 3.63) is 0 Å². The number of amides is 2. The van der Waals surface area contributed by atoms with E-state index in [1.54, 1.807) is 0 Å². The highest BCUT2D eigenvalue weighted by atomic mass is 16.4. The number of carbonyl (C=O) groups is 2. The van der Waals surface area contributed by atoms with E-state index in [0.29, 0.717) is 12.8 Å². The predicted molar refractivity (Wildman–Crippen MR) is 64.9 cm³/mol. The van der Waals surface area contributed by atoms with E-state index in [2.05, 4.69) is 10.6 Å². The summed E-state index contributed by atoms with van der Waals surface area (Å²) in [5, 5.41) is 14.5. The Hall–Kier alpha value is -1.26. The zero-order valence-corrected chi connectivity index (χ0v) is 10.8. The molecular formula is C12H22N2O3. The zero-order valence-electron chi connectivity index (χ0n) is 10.8. The lowest BCUT2D eigenvalue weighted by Gasteiger charge is -2.39. The van der Waals surface area contributed by atoms with Crippen molar-refractivity contribution in [2.75, 3.05) is 0 Å². The normalized spacial score (nSPS) is 18.1. The van der Waals surface area contributed by atoms with Crippen molar-refractivity contribution in [1.29, 1.82) is 0 Å². The van der Waals surface area contributed by atoms with Gasteiger partial charge in [0.25, 0.3) is 0 Å². The maximum absolute atomic E-state index is 11.8. The van der Waals surface area contributed by atoms with E-state index in [-0.39, 0.29) is 11.6 Å². The number of hydrogen-bond donors (Lipinski definition) is 3. The van der Waals surface area contributed by atoms with Gasteiger partial charge >= 0.3 is 12.0 Å². The summed E-state index contributed by atoms with van der Waals surface area (Å²) in [6.07, 6.45) is 3.72. The van der Waals surface area contributed by atoms with Gasteiger partial charge in [0.2, 0.25) is 0 Å². The Morgan fingerprint density at radius 2 is 1.94 bits per heavy atom. The van der Waals surface area contributed by atoms with Crippen LogP contribution in [0.3, 0.4) is 0 Å². The minimum Gasteiger partial charge on any atom is -0.480 e. The van der Waals surface area contributed by atoms with Gasteiger partial charge in [-0.15, -0.1) is 0 Å². The summed E-state index contributed by atoms with van der Waals surface area (Å²) in [5.74, 6) is -0.938. The third-order valence-corrected chi connectivity index (χ3v) is 3.30. The lowest BCUT2D eigenvalue weighted by atomic mass is 9.77. The highest BCUT2D eigenvalue weighted by molar-refractivity contribution is 5.87. The van der Waals surface area contributed by atoms with Crippen molar-refractivity contribution in [3.8, 4) is 0 Å². The van der Waals surface area contributed by atoms with Crippen LogP contribution in [-0.4, -0.2) is 28.2 Å². The fourth-order valence-corrected chi connectivity index (χ4v) is 2.17. The third-order valence-electron chi connectivity index (χ3n) is 3.30. The number of hydrogen-bond acceptors (Lipinski definition) is 2. The van der Waals surface area contributed by atoms with Crippen molar-refractivity contribution >= 4 is 12.0 Å². The number of rotatable bonds is 5. The van der Waals surface area contributed by atoms with Gasteiger partial charge in [0, 0.05) is 5.54 Å². The Balaban J connectivity index is 2.52. The first-order chi connectivity index (χ1) is 7.81. The van der Waals surface area contributed by atoms with Crippen LogP contribution in [-0.2, 0) is 4.79 Å². The van der Waals surface area contributed by atoms with Crippen molar-refractivity contribution in [2.24, 2.45) is 0 Å². The number of carbonyl (C=O) groups excluding carboxylic acids is 1. The Morgan fingerprint density at radius 3 is 2.29 bits per heavy atom. The second-order valence-electron chi connectivity index (χ2n) is 5.45. The van der Waals surface area contributed by atoms with Gasteiger partial charge in [-0.25, -0.2) is 9.59 Å². The second kappa shape index (κ2) is 4.94. The molecule has 17 heavy (non-hydrogen) atoms. The molecule has 98 valence electrons. The minimum absolute atomic E-state index is 0.303. The number of carboxylic acids is 1. The largest absolute Gasteiger partial charge is 0.480 e. The van der Waals surface area contributed by atoms with Gasteiger partial charge in [0.15, 0.2) is 0 Å². The average molecular weight is 242 g/mol. The van der Waals surface area contributed by atoms with Crippen LogP contribution < -0.4 is 10.6 Å². The molecule has 0 spiro atoms. The van der Waals surface area contributed by atoms with Gasteiger partial charge in [-0.2, -0.15) is 0 Å². The Morgan fingerprint density at radius 1 is 1.35 bits per heavy atom. The first-order valence-corrected chi connectivity index (χ1v) is 6.15. The molecule has 1 aliphatic rings. The molecule has 0 saturated heterocycles. The molecule has 5 nitrogen and oxygen atoms in total. The monoisotopic (exact) mass is 242 g/mol. The molecule has 0 radical (unpaired) electrons. The lowest BCUT2D eigenvalue weighted by Crippen LogP contribution is -2.63. The third kappa shape index (κ3) is 3.35. The molecule has 5 heteroatoms. The summed E-state index contributed by atoms with van der Waals surface area (Å²) in [5.41, 5.74) is -1.34. The first kappa shape index (κ1) is 13.8. The summed E-state index contributed by atoms with van der Waals surface area (Å²) >= 11 is 0. The van der Waals surface area contributed by atoms with E-state index in [1.807, 2.05) is 20.8 Å². The molecule has 1 fully saturated rings. The maximum atomic E-state index is 11.8. The van der Waals surface area contributed by atoms with Gasteiger partial charge in [-0.3, -0.25) is 0 Å². The maximum Gasteiger partial charge on any atom is 0.329 e. The molecule has 1 saturated carbocycles. The van der Waals surface area contributed by atoms with E-state index in [0.717, 1.165) is 19.3 Å². The first-order valence-electron chi connectivity index (χ1n) is 6.15. The van der Waals surface area contributed by atoms with Crippen LogP contribution in [0.2, 0.25) is 0 Å². The van der Waals surface area contributed by atoms with Crippen molar-refractivity contribution in [2.45, 2.75) is 64.0 Å². The highest BCUT2D eigenvalue weighted by Crippen LogP contribution is 2.32. The summed E-state index contributed by atoms with van der Waals surface area (Å²) in [6.45, 7) is 5.92. The topological polar surface area (TPSA) is 78.4 Å². The van der Waals surface area contributed by atoms with Gasteiger partial charge in [0.1, 0.15) is 5.54 Å². The Kier molecular flexibility index (Phi) is 4.01. The fourth-order valence-electron chi connectivity index (χ4n) is 2.17. The summed E-state index contributed by atoms with van der Waals surface area (Å²) in [7, 11) is 0. The molecule has 2 amide bonds. The molecule has 0 unspecified atom stereocenters. The quantitative estimate of drug-likeness (QED) is 0.688. The van der Waals surface area contributed by atoms with Crippen molar-refractivity contribution in [1.82, 2.24) is 10.6 Å². The van der Waals surface area contributed by atoms with Gasteiger partial charge in [-0.05, 0) is 39.5 Å². The van der Waals surface area contributed by atoms with Crippen LogP contribution >= 0.6 is 0 Å².